The van der Waals surface area contributed by atoms with E-state index in [2.05, 4.69) is 21.2 Å². The number of hydrogen-bond acceptors (Lipinski definition) is 4. The molecule has 3 rings (SSSR count). The molecule has 0 radical (unpaired) electrons. The molecule has 2 amide bonds. The van der Waals surface area contributed by atoms with Gasteiger partial charge in [0.15, 0.2) is 0 Å². The minimum absolute atomic E-state index is 0.0185. The predicted molar refractivity (Wildman–Crippen MR) is 108 cm³/mol. The van der Waals surface area contributed by atoms with E-state index in [-0.39, 0.29) is 24.3 Å². The number of benzene rings is 1. The van der Waals surface area contributed by atoms with Crippen LogP contribution in [-0.2, 0) is 16.0 Å². The fraction of sp³-hybridized carbons (Fsp3) is 0.571. The quantitative estimate of drug-likeness (QED) is 0.729. The fourth-order valence-corrected chi connectivity index (χ4v) is 4.53. The molecule has 2 bridgehead atoms. The summed E-state index contributed by atoms with van der Waals surface area (Å²) in [6.45, 7) is 5.35. The van der Waals surface area contributed by atoms with Crippen LogP contribution in [0.5, 0.6) is 0 Å². The number of nitriles is 1. The number of nitrogens with one attached hydrogen (secondary N) is 1. The maximum absolute atomic E-state index is 14.1. The van der Waals surface area contributed by atoms with Gasteiger partial charge in [-0.2, -0.15) is 5.26 Å². The van der Waals surface area contributed by atoms with Crippen molar-refractivity contribution in [3.8, 4) is 6.07 Å². The zero-order chi connectivity index (χ0) is 21.3. The van der Waals surface area contributed by atoms with Gasteiger partial charge in [-0.15, -0.1) is 0 Å². The number of rotatable bonds is 4. The molecule has 1 aromatic carbocycles. The van der Waals surface area contributed by atoms with Gasteiger partial charge in [0.05, 0.1) is 6.07 Å². The molecule has 156 valence electrons. The molecule has 4 atom stereocenters. The molecular formula is C21H25BrFN3O3. The van der Waals surface area contributed by atoms with Gasteiger partial charge < -0.3 is 10.1 Å². The highest BCUT2D eigenvalue weighted by Gasteiger charge is 2.52. The molecular weight excluding hydrogens is 441 g/mol. The van der Waals surface area contributed by atoms with Crippen LogP contribution in [0.1, 0.15) is 45.6 Å². The number of ether oxygens (including phenoxy) is 1. The Balaban J connectivity index is 1.72. The van der Waals surface area contributed by atoms with Gasteiger partial charge in [-0.25, -0.2) is 9.18 Å². The molecule has 0 aromatic heterocycles. The van der Waals surface area contributed by atoms with Gasteiger partial charge in [0.2, 0.25) is 5.91 Å². The SMILES string of the molecule is CC(C)(C)OC(=O)N1[C@@H]2CC[C@@H](C2)[C@H]1C(=O)N[C@H](C#N)Cc1ccc(Br)cc1F. The van der Waals surface area contributed by atoms with Crippen LogP contribution in [0.3, 0.4) is 0 Å². The van der Waals surface area contributed by atoms with Crippen molar-refractivity contribution in [3.63, 3.8) is 0 Å². The van der Waals surface area contributed by atoms with Gasteiger partial charge in [0, 0.05) is 16.9 Å². The number of halogens is 2. The van der Waals surface area contributed by atoms with Crippen molar-refractivity contribution in [2.45, 2.75) is 70.2 Å². The average molecular weight is 466 g/mol. The molecule has 6 nitrogen and oxygen atoms in total. The number of piperidine rings is 1. The zero-order valence-electron chi connectivity index (χ0n) is 16.7. The molecule has 1 aromatic rings. The van der Waals surface area contributed by atoms with Crippen LogP contribution in [0.2, 0.25) is 0 Å². The van der Waals surface area contributed by atoms with E-state index >= 15 is 0 Å². The lowest BCUT2D eigenvalue weighted by atomic mass is 9.97. The first-order valence-corrected chi connectivity index (χ1v) is 10.5. The van der Waals surface area contributed by atoms with Gasteiger partial charge in [-0.3, -0.25) is 9.69 Å². The molecule has 0 spiro atoms. The highest BCUT2D eigenvalue weighted by Crippen LogP contribution is 2.43. The van der Waals surface area contributed by atoms with Crippen molar-refractivity contribution in [3.05, 3.63) is 34.1 Å². The predicted octanol–water partition coefficient (Wildman–Crippen LogP) is 3.93. The second-order valence-corrected chi connectivity index (χ2v) is 9.61. The Bertz CT molecular complexity index is 849. The number of nitrogens with zero attached hydrogens (tertiary/aromatic N) is 2. The molecule has 1 aliphatic carbocycles. The largest absolute Gasteiger partial charge is 0.444 e. The standard InChI is InChI=1S/C21H25BrFN3O3/c1-21(2,3)29-20(28)26-16-7-5-13(9-16)18(26)19(27)25-15(11-24)8-12-4-6-14(22)10-17(12)23/h4,6,10,13,15-16,18H,5,7-9H2,1-3H3,(H,25,27)/t13-,15-,16+,18-/m0/s1. The summed E-state index contributed by atoms with van der Waals surface area (Å²) in [6, 6.07) is 5.06. The van der Waals surface area contributed by atoms with Crippen LogP contribution in [-0.4, -0.2) is 40.6 Å². The molecule has 1 saturated heterocycles. The summed E-state index contributed by atoms with van der Waals surface area (Å²) in [5.41, 5.74) is -0.314. The number of carbonyl (C=O) groups is 2. The topological polar surface area (TPSA) is 82.4 Å². The molecule has 0 unspecified atom stereocenters. The van der Waals surface area contributed by atoms with Crippen LogP contribution in [0, 0.1) is 23.1 Å². The van der Waals surface area contributed by atoms with E-state index in [4.69, 9.17) is 4.74 Å². The van der Waals surface area contributed by atoms with E-state index in [0.717, 1.165) is 19.3 Å². The van der Waals surface area contributed by atoms with E-state index in [1.165, 1.54) is 11.0 Å². The summed E-state index contributed by atoms with van der Waals surface area (Å²) in [7, 11) is 0. The van der Waals surface area contributed by atoms with Crippen LogP contribution in [0.15, 0.2) is 22.7 Å². The minimum Gasteiger partial charge on any atom is -0.444 e. The van der Waals surface area contributed by atoms with Crippen LogP contribution < -0.4 is 5.32 Å². The van der Waals surface area contributed by atoms with Gasteiger partial charge in [-0.1, -0.05) is 22.0 Å². The molecule has 1 heterocycles. The summed E-state index contributed by atoms with van der Waals surface area (Å²) < 4.78 is 20.2. The van der Waals surface area contributed by atoms with E-state index in [9.17, 15) is 19.2 Å². The molecule has 29 heavy (non-hydrogen) atoms. The van der Waals surface area contributed by atoms with Crippen molar-refractivity contribution < 1.29 is 18.7 Å². The number of fused-ring (bicyclic) bond motifs is 2. The molecule has 2 fully saturated rings. The summed E-state index contributed by atoms with van der Waals surface area (Å²) >= 11 is 3.20. The number of carbonyl (C=O) groups excluding carboxylic acids is 2. The average Bonchev–Trinajstić information content (AvgIpc) is 3.23. The lowest BCUT2D eigenvalue weighted by Gasteiger charge is -2.35. The van der Waals surface area contributed by atoms with Crippen molar-refractivity contribution in [2.24, 2.45) is 5.92 Å². The van der Waals surface area contributed by atoms with Crippen LogP contribution >= 0.6 is 15.9 Å². The monoisotopic (exact) mass is 465 g/mol. The first-order valence-electron chi connectivity index (χ1n) is 9.74. The normalized spacial score (nSPS) is 24.1. The van der Waals surface area contributed by atoms with E-state index in [1.54, 1.807) is 32.9 Å². The third-order valence-electron chi connectivity index (χ3n) is 5.37. The smallest absolute Gasteiger partial charge is 0.411 e. The Hall–Kier alpha value is -2.14. The molecule has 1 aliphatic heterocycles. The number of amides is 2. The summed E-state index contributed by atoms with van der Waals surface area (Å²) in [6.07, 6.45) is 2.02. The maximum atomic E-state index is 14.1. The highest BCUT2D eigenvalue weighted by molar-refractivity contribution is 9.10. The van der Waals surface area contributed by atoms with Gasteiger partial charge >= 0.3 is 6.09 Å². The van der Waals surface area contributed by atoms with E-state index in [0.29, 0.717) is 10.0 Å². The van der Waals surface area contributed by atoms with Crippen LogP contribution in [0.25, 0.3) is 0 Å². The van der Waals surface area contributed by atoms with Gasteiger partial charge in [0.1, 0.15) is 23.5 Å². The molecule has 1 saturated carbocycles. The second-order valence-electron chi connectivity index (χ2n) is 8.69. The Labute approximate surface area is 178 Å². The Morgan fingerprint density at radius 1 is 1.41 bits per heavy atom. The van der Waals surface area contributed by atoms with Gasteiger partial charge in [0.25, 0.3) is 0 Å². The number of likely N-dealkylation sites (tertiary alicyclic amines) is 1. The van der Waals surface area contributed by atoms with Crippen molar-refractivity contribution in [1.82, 2.24) is 10.2 Å². The lowest BCUT2D eigenvalue weighted by molar-refractivity contribution is -0.128. The molecule has 8 heteroatoms. The summed E-state index contributed by atoms with van der Waals surface area (Å²) in [5, 5.41) is 12.2. The first-order chi connectivity index (χ1) is 13.6. The lowest BCUT2D eigenvalue weighted by Crippen LogP contribution is -2.55. The fourth-order valence-electron chi connectivity index (χ4n) is 4.20. The van der Waals surface area contributed by atoms with Crippen LogP contribution in [0.4, 0.5) is 9.18 Å². The Kier molecular flexibility index (Phi) is 6.18. The second kappa shape index (κ2) is 8.31. The number of hydrogen-bond donors (Lipinski definition) is 1. The van der Waals surface area contributed by atoms with E-state index < -0.39 is 29.6 Å². The summed E-state index contributed by atoms with van der Waals surface area (Å²) in [5.74, 6) is -0.771. The maximum Gasteiger partial charge on any atom is 0.411 e. The zero-order valence-corrected chi connectivity index (χ0v) is 18.3. The minimum atomic E-state index is -0.891. The Morgan fingerprint density at radius 3 is 2.76 bits per heavy atom. The first kappa shape index (κ1) is 21.6. The third-order valence-corrected chi connectivity index (χ3v) is 5.86. The molecule has 2 aliphatic rings. The highest BCUT2D eigenvalue weighted by atomic mass is 79.9. The summed E-state index contributed by atoms with van der Waals surface area (Å²) in [4.78, 5) is 27.2. The van der Waals surface area contributed by atoms with E-state index in [1.807, 2.05) is 6.07 Å². The third kappa shape index (κ3) is 4.89. The van der Waals surface area contributed by atoms with Crippen molar-refractivity contribution in [2.75, 3.05) is 0 Å². The van der Waals surface area contributed by atoms with Crippen molar-refractivity contribution >= 4 is 27.9 Å². The van der Waals surface area contributed by atoms with Crippen molar-refractivity contribution in [1.29, 1.82) is 5.26 Å². The Morgan fingerprint density at radius 2 is 2.14 bits per heavy atom. The molecule has 1 N–H and O–H groups in total. The van der Waals surface area contributed by atoms with Gasteiger partial charge in [-0.05, 0) is 63.6 Å².